The highest BCUT2D eigenvalue weighted by molar-refractivity contribution is 5.76. The molecule has 0 aromatic heterocycles. The van der Waals surface area contributed by atoms with Gasteiger partial charge in [-0.15, -0.1) is 0 Å². The molecule has 1 N–H and O–H groups in total. The molecule has 0 rings (SSSR count). The summed E-state index contributed by atoms with van der Waals surface area (Å²) in [6, 6.07) is 1.24. The summed E-state index contributed by atoms with van der Waals surface area (Å²) in [5.41, 5.74) is 0. The van der Waals surface area contributed by atoms with Crippen molar-refractivity contribution in [3.63, 3.8) is 0 Å². The van der Waals surface area contributed by atoms with Gasteiger partial charge in [-0.2, -0.15) is 5.26 Å². The first-order valence-electron chi connectivity index (χ1n) is 4.54. The van der Waals surface area contributed by atoms with Crippen molar-refractivity contribution in [3.8, 4) is 6.07 Å². The zero-order valence-electron chi connectivity index (χ0n) is 8.58. The van der Waals surface area contributed by atoms with Crippen molar-refractivity contribution >= 4 is 5.97 Å². The largest absolute Gasteiger partial charge is 0.449 e. The van der Waals surface area contributed by atoms with Gasteiger partial charge < -0.3 is 14.8 Å². The Morgan fingerprint density at radius 2 is 2.36 bits per heavy atom. The minimum Gasteiger partial charge on any atom is -0.449 e. The van der Waals surface area contributed by atoms with E-state index in [0.29, 0.717) is 6.61 Å². The average Bonchev–Trinajstić information content (AvgIpc) is 2.21. The van der Waals surface area contributed by atoms with Crippen LogP contribution in [0, 0.1) is 11.3 Å². The van der Waals surface area contributed by atoms with Crippen molar-refractivity contribution in [1.29, 1.82) is 5.26 Å². The van der Waals surface area contributed by atoms with Gasteiger partial charge in [-0.3, -0.25) is 4.79 Å². The van der Waals surface area contributed by atoms with E-state index in [1.807, 2.05) is 6.92 Å². The number of ether oxygens (including phenoxy) is 2. The Balaban J connectivity index is 3.76. The Bertz CT molecular complexity index is 201. The number of rotatable bonds is 7. The summed E-state index contributed by atoms with van der Waals surface area (Å²) in [5, 5.41) is 11.0. The van der Waals surface area contributed by atoms with Gasteiger partial charge in [0.2, 0.25) is 0 Å². The van der Waals surface area contributed by atoms with E-state index in [0.717, 1.165) is 6.42 Å². The third-order valence-electron chi connectivity index (χ3n) is 1.54. The van der Waals surface area contributed by atoms with E-state index in [1.54, 1.807) is 13.1 Å². The van der Waals surface area contributed by atoms with Gasteiger partial charge in [-0.1, -0.05) is 6.92 Å². The fourth-order valence-corrected chi connectivity index (χ4v) is 0.819. The molecule has 0 unspecified atom stereocenters. The Morgan fingerprint density at radius 1 is 1.64 bits per heavy atom. The van der Waals surface area contributed by atoms with Gasteiger partial charge in [0.1, 0.15) is 12.1 Å². The lowest BCUT2D eigenvalue weighted by atomic mass is 10.3. The summed E-state index contributed by atoms with van der Waals surface area (Å²) in [6.45, 7) is 2.66. The molecule has 80 valence electrons. The standard InChI is InChI=1S/C9H16N2O3/c1-3-5-13-7-8(11-2)9(12)14-6-4-10/h8,11H,3,5-7H2,1-2H3/t8-/m0/s1. The van der Waals surface area contributed by atoms with E-state index in [-0.39, 0.29) is 13.2 Å². The van der Waals surface area contributed by atoms with E-state index < -0.39 is 12.0 Å². The normalized spacial score (nSPS) is 11.8. The number of nitrogens with zero attached hydrogens (tertiary/aromatic N) is 1. The smallest absolute Gasteiger partial charge is 0.326 e. The molecule has 0 aromatic rings. The monoisotopic (exact) mass is 200 g/mol. The van der Waals surface area contributed by atoms with E-state index in [9.17, 15) is 4.79 Å². The Hall–Kier alpha value is -1.12. The molecule has 0 aliphatic rings. The van der Waals surface area contributed by atoms with E-state index in [4.69, 9.17) is 10.00 Å². The summed E-state index contributed by atoms with van der Waals surface area (Å²) >= 11 is 0. The Kier molecular flexibility index (Phi) is 7.80. The minimum atomic E-state index is -0.491. The molecule has 0 fully saturated rings. The lowest BCUT2D eigenvalue weighted by Crippen LogP contribution is -2.39. The topological polar surface area (TPSA) is 71.3 Å². The van der Waals surface area contributed by atoms with Crippen LogP contribution in [0.4, 0.5) is 0 Å². The van der Waals surface area contributed by atoms with Crippen molar-refractivity contribution in [2.24, 2.45) is 0 Å². The van der Waals surface area contributed by atoms with Gasteiger partial charge in [-0.05, 0) is 13.5 Å². The highest BCUT2D eigenvalue weighted by atomic mass is 16.5. The van der Waals surface area contributed by atoms with Gasteiger partial charge in [0.25, 0.3) is 0 Å². The minimum absolute atomic E-state index is 0.217. The maximum absolute atomic E-state index is 11.2. The molecule has 0 aliphatic carbocycles. The molecule has 0 heterocycles. The quantitative estimate of drug-likeness (QED) is 0.465. The zero-order valence-corrected chi connectivity index (χ0v) is 8.58. The molecule has 0 saturated heterocycles. The third kappa shape index (κ3) is 5.51. The van der Waals surface area contributed by atoms with Crippen LogP contribution in [0.15, 0.2) is 0 Å². The fraction of sp³-hybridized carbons (Fsp3) is 0.778. The molecule has 5 nitrogen and oxygen atoms in total. The lowest BCUT2D eigenvalue weighted by molar-refractivity contribution is -0.146. The van der Waals surface area contributed by atoms with Crippen LogP contribution in [0.3, 0.4) is 0 Å². The van der Waals surface area contributed by atoms with Crippen LogP contribution < -0.4 is 5.32 Å². The first kappa shape index (κ1) is 12.9. The molecule has 0 spiro atoms. The summed E-state index contributed by atoms with van der Waals surface area (Å²) in [6.07, 6.45) is 0.906. The number of likely N-dealkylation sites (N-methyl/N-ethyl adjacent to an activating group) is 1. The average molecular weight is 200 g/mol. The highest BCUT2D eigenvalue weighted by Gasteiger charge is 2.17. The van der Waals surface area contributed by atoms with Crippen molar-refractivity contribution in [1.82, 2.24) is 5.32 Å². The molecule has 14 heavy (non-hydrogen) atoms. The SMILES string of the molecule is CCCOC[C@H](NC)C(=O)OCC#N. The number of hydrogen-bond donors (Lipinski definition) is 1. The second-order valence-electron chi connectivity index (χ2n) is 2.68. The van der Waals surface area contributed by atoms with Crippen LogP contribution in [0.2, 0.25) is 0 Å². The lowest BCUT2D eigenvalue weighted by Gasteiger charge is -2.13. The highest BCUT2D eigenvalue weighted by Crippen LogP contribution is 1.91. The van der Waals surface area contributed by atoms with Gasteiger partial charge in [0.05, 0.1) is 6.61 Å². The molecular formula is C9H16N2O3. The van der Waals surface area contributed by atoms with Crippen LogP contribution in [0.25, 0.3) is 0 Å². The van der Waals surface area contributed by atoms with Crippen LogP contribution in [-0.4, -0.2) is 38.9 Å². The number of nitrogens with one attached hydrogen (secondary N) is 1. The summed E-state index contributed by atoms with van der Waals surface area (Å²) in [7, 11) is 1.65. The van der Waals surface area contributed by atoms with E-state index >= 15 is 0 Å². The number of esters is 1. The molecular weight excluding hydrogens is 184 g/mol. The van der Waals surface area contributed by atoms with E-state index in [1.165, 1.54) is 0 Å². The van der Waals surface area contributed by atoms with Crippen molar-refractivity contribution in [3.05, 3.63) is 0 Å². The van der Waals surface area contributed by atoms with Gasteiger partial charge in [0.15, 0.2) is 6.61 Å². The first-order chi connectivity index (χ1) is 6.76. The molecule has 0 aromatic carbocycles. The summed E-state index contributed by atoms with van der Waals surface area (Å²) in [4.78, 5) is 11.2. The first-order valence-corrected chi connectivity index (χ1v) is 4.54. The molecule has 5 heteroatoms. The van der Waals surface area contributed by atoms with Crippen LogP contribution in [0.1, 0.15) is 13.3 Å². The van der Waals surface area contributed by atoms with Crippen molar-refractivity contribution in [2.75, 3.05) is 26.9 Å². The number of hydrogen-bond acceptors (Lipinski definition) is 5. The van der Waals surface area contributed by atoms with Crippen LogP contribution in [0.5, 0.6) is 0 Å². The Labute approximate surface area is 84.0 Å². The number of carbonyl (C=O) groups excluding carboxylic acids is 1. The Morgan fingerprint density at radius 3 is 2.86 bits per heavy atom. The molecule has 0 radical (unpaired) electrons. The van der Waals surface area contributed by atoms with Crippen LogP contribution >= 0.6 is 0 Å². The maximum Gasteiger partial charge on any atom is 0.326 e. The second kappa shape index (κ2) is 8.48. The van der Waals surface area contributed by atoms with Gasteiger partial charge in [0, 0.05) is 6.61 Å². The predicted octanol–water partition coefficient (Wildman–Crippen LogP) is 0.0678. The summed E-state index contributed by atoms with van der Waals surface area (Å²) < 4.78 is 9.82. The molecule has 0 amide bonds. The maximum atomic E-state index is 11.2. The fourth-order valence-electron chi connectivity index (χ4n) is 0.819. The number of carbonyl (C=O) groups is 1. The van der Waals surface area contributed by atoms with Crippen LogP contribution in [-0.2, 0) is 14.3 Å². The predicted molar refractivity (Wildman–Crippen MR) is 50.5 cm³/mol. The second-order valence-corrected chi connectivity index (χ2v) is 2.68. The molecule has 0 saturated carbocycles. The molecule has 1 atom stereocenters. The zero-order chi connectivity index (χ0) is 10.8. The molecule has 0 bridgehead atoms. The van der Waals surface area contributed by atoms with Crippen molar-refractivity contribution in [2.45, 2.75) is 19.4 Å². The van der Waals surface area contributed by atoms with Gasteiger partial charge in [-0.25, -0.2) is 0 Å². The molecule has 0 aliphatic heterocycles. The van der Waals surface area contributed by atoms with Gasteiger partial charge >= 0.3 is 5.97 Å². The van der Waals surface area contributed by atoms with E-state index in [2.05, 4.69) is 10.1 Å². The number of nitriles is 1. The van der Waals surface area contributed by atoms with Crippen molar-refractivity contribution < 1.29 is 14.3 Å². The third-order valence-corrected chi connectivity index (χ3v) is 1.54. The summed E-state index contributed by atoms with van der Waals surface area (Å²) in [5.74, 6) is -0.454.